The highest BCUT2D eigenvalue weighted by Gasteiger charge is 2.43. The molecule has 4 rings (SSSR count). The second-order valence-electron chi connectivity index (χ2n) is 7.48. The molecule has 1 N–H and O–H groups in total. The van der Waals surface area contributed by atoms with E-state index in [2.05, 4.69) is 34.5 Å². The van der Waals surface area contributed by atoms with Gasteiger partial charge in [-0.3, -0.25) is 9.69 Å². The second-order valence-corrected chi connectivity index (χ2v) is 7.48. The van der Waals surface area contributed by atoms with Crippen molar-refractivity contribution in [1.82, 2.24) is 10.2 Å². The molecule has 2 aliphatic rings. The SMILES string of the molecule is O=C1CCCC[C@@H]2[C@@H](N1)[C@H](c1cccc(F)c1)CN2Cc1ccccc1. The van der Waals surface area contributed by atoms with E-state index >= 15 is 0 Å². The maximum Gasteiger partial charge on any atom is 0.220 e. The third kappa shape index (κ3) is 3.65. The van der Waals surface area contributed by atoms with Gasteiger partial charge in [0.2, 0.25) is 5.91 Å². The smallest absolute Gasteiger partial charge is 0.220 e. The van der Waals surface area contributed by atoms with Crippen LogP contribution in [0.3, 0.4) is 0 Å². The van der Waals surface area contributed by atoms with E-state index in [1.165, 1.54) is 11.6 Å². The number of amides is 1. The molecule has 136 valence electrons. The van der Waals surface area contributed by atoms with Crippen LogP contribution in [-0.2, 0) is 11.3 Å². The Morgan fingerprint density at radius 2 is 1.92 bits per heavy atom. The molecule has 26 heavy (non-hydrogen) atoms. The van der Waals surface area contributed by atoms with Gasteiger partial charge < -0.3 is 5.32 Å². The predicted molar refractivity (Wildman–Crippen MR) is 100 cm³/mol. The quantitative estimate of drug-likeness (QED) is 0.910. The van der Waals surface area contributed by atoms with E-state index in [1.54, 1.807) is 12.1 Å². The summed E-state index contributed by atoms with van der Waals surface area (Å²) < 4.78 is 13.8. The first-order valence-electron chi connectivity index (χ1n) is 9.53. The number of nitrogens with zero attached hydrogens (tertiary/aromatic N) is 1. The summed E-state index contributed by atoms with van der Waals surface area (Å²) in [5.41, 5.74) is 2.26. The van der Waals surface area contributed by atoms with Crippen molar-refractivity contribution < 1.29 is 9.18 Å². The molecule has 0 radical (unpaired) electrons. The lowest BCUT2D eigenvalue weighted by Gasteiger charge is -2.31. The van der Waals surface area contributed by atoms with Crippen molar-refractivity contribution in [2.45, 2.75) is 50.2 Å². The Kier molecular flexibility index (Phi) is 5.02. The van der Waals surface area contributed by atoms with Gasteiger partial charge in [0.1, 0.15) is 5.82 Å². The molecular weight excluding hydrogens is 327 g/mol. The fourth-order valence-corrected chi connectivity index (χ4v) is 4.50. The van der Waals surface area contributed by atoms with E-state index < -0.39 is 0 Å². The van der Waals surface area contributed by atoms with Crippen LogP contribution in [0.15, 0.2) is 54.6 Å². The van der Waals surface area contributed by atoms with Crippen LogP contribution < -0.4 is 5.32 Å². The second kappa shape index (κ2) is 7.58. The number of nitrogens with one attached hydrogen (secondary N) is 1. The highest BCUT2D eigenvalue weighted by molar-refractivity contribution is 5.76. The van der Waals surface area contributed by atoms with Crippen LogP contribution >= 0.6 is 0 Å². The van der Waals surface area contributed by atoms with Gasteiger partial charge in [0.05, 0.1) is 6.04 Å². The molecule has 3 atom stereocenters. The summed E-state index contributed by atoms with van der Waals surface area (Å²) in [6, 6.07) is 17.7. The summed E-state index contributed by atoms with van der Waals surface area (Å²) in [5, 5.41) is 3.26. The van der Waals surface area contributed by atoms with Crippen LogP contribution in [0, 0.1) is 5.82 Å². The molecule has 2 heterocycles. The number of likely N-dealkylation sites (tertiary alicyclic amines) is 1. The third-order valence-corrected chi connectivity index (χ3v) is 5.73. The van der Waals surface area contributed by atoms with E-state index in [1.807, 2.05) is 12.1 Å². The molecule has 4 heteroatoms. The zero-order valence-corrected chi connectivity index (χ0v) is 14.9. The minimum absolute atomic E-state index is 0.0494. The molecule has 0 bridgehead atoms. The first-order valence-corrected chi connectivity index (χ1v) is 9.53. The Balaban J connectivity index is 1.64. The number of hydrogen-bond donors (Lipinski definition) is 1. The Hall–Kier alpha value is -2.20. The molecule has 2 saturated heterocycles. The first kappa shape index (κ1) is 17.2. The highest BCUT2D eigenvalue weighted by Crippen LogP contribution is 2.36. The molecule has 0 aliphatic carbocycles. The lowest BCUT2D eigenvalue weighted by molar-refractivity contribution is -0.122. The molecule has 2 aromatic rings. The molecule has 3 nitrogen and oxygen atoms in total. The number of rotatable bonds is 3. The summed E-state index contributed by atoms with van der Waals surface area (Å²) in [7, 11) is 0. The average Bonchev–Trinajstić information content (AvgIpc) is 2.94. The average molecular weight is 352 g/mol. The van der Waals surface area contributed by atoms with Gasteiger partial charge in [-0.1, -0.05) is 48.9 Å². The van der Waals surface area contributed by atoms with Crippen molar-refractivity contribution in [3.8, 4) is 0 Å². The van der Waals surface area contributed by atoms with E-state index in [4.69, 9.17) is 0 Å². The zero-order chi connectivity index (χ0) is 17.9. The van der Waals surface area contributed by atoms with Gasteiger partial charge in [-0.05, 0) is 36.1 Å². The lowest BCUT2D eigenvalue weighted by atomic mass is 9.88. The van der Waals surface area contributed by atoms with Gasteiger partial charge in [-0.25, -0.2) is 4.39 Å². The number of hydrogen-bond acceptors (Lipinski definition) is 2. The van der Waals surface area contributed by atoms with Crippen LogP contribution in [0.1, 0.15) is 42.7 Å². The monoisotopic (exact) mass is 352 g/mol. The van der Waals surface area contributed by atoms with Crippen LogP contribution in [0.4, 0.5) is 4.39 Å². The van der Waals surface area contributed by atoms with Crippen molar-refractivity contribution in [3.63, 3.8) is 0 Å². The van der Waals surface area contributed by atoms with Gasteiger partial charge in [0, 0.05) is 31.5 Å². The lowest BCUT2D eigenvalue weighted by Crippen LogP contribution is -2.47. The Morgan fingerprint density at radius 1 is 1.08 bits per heavy atom. The molecular formula is C22H25FN2O. The summed E-state index contributed by atoms with van der Waals surface area (Å²) in [5.74, 6) is 0.0434. The minimum atomic E-state index is -0.210. The third-order valence-electron chi connectivity index (χ3n) is 5.73. The summed E-state index contributed by atoms with van der Waals surface area (Å²) in [6.07, 6.45) is 3.68. The van der Waals surface area contributed by atoms with Gasteiger partial charge >= 0.3 is 0 Å². The fourth-order valence-electron chi connectivity index (χ4n) is 4.50. The molecule has 0 unspecified atom stereocenters. The fraction of sp³-hybridized carbons (Fsp3) is 0.409. The van der Waals surface area contributed by atoms with Crippen molar-refractivity contribution in [2.24, 2.45) is 0 Å². The Morgan fingerprint density at radius 3 is 2.73 bits per heavy atom. The molecule has 2 fully saturated rings. The predicted octanol–water partition coefficient (Wildman–Crippen LogP) is 3.85. The topological polar surface area (TPSA) is 32.3 Å². The number of carbonyl (C=O) groups excluding carboxylic acids is 1. The van der Waals surface area contributed by atoms with Gasteiger partial charge in [-0.15, -0.1) is 0 Å². The van der Waals surface area contributed by atoms with Gasteiger partial charge in [0.25, 0.3) is 0 Å². The minimum Gasteiger partial charge on any atom is -0.351 e. The number of halogens is 1. The van der Waals surface area contributed by atoms with Crippen molar-refractivity contribution in [1.29, 1.82) is 0 Å². The van der Waals surface area contributed by atoms with Crippen LogP contribution in [0.25, 0.3) is 0 Å². The summed E-state index contributed by atoms with van der Waals surface area (Å²) in [4.78, 5) is 14.8. The molecule has 0 saturated carbocycles. The largest absolute Gasteiger partial charge is 0.351 e. The Bertz CT molecular complexity index is 764. The normalized spacial score (nSPS) is 26.7. The number of carbonyl (C=O) groups is 1. The van der Waals surface area contributed by atoms with Crippen molar-refractivity contribution >= 4 is 5.91 Å². The zero-order valence-electron chi connectivity index (χ0n) is 14.9. The standard InChI is InChI=1S/C22H25FN2O/c23-18-10-6-9-17(13-18)19-15-25(14-16-7-2-1-3-8-16)20-11-4-5-12-21(26)24-22(19)20/h1-3,6-10,13,19-20,22H,4-5,11-12,14-15H2,(H,24,26)/t19-,20+,22-/m0/s1. The molecule has 0 aromatic heterocycles. The number of fused-ring (bicyclic) bond motifs is 1. The van der Waals surface area contributed by atoms with E-state index in [0.29, 0.717) is 12.5 Å². The molecule has 2 aliphatic heterocycles. The summed E-state index contributed by atoms with van der Waals surface area (Å²) in [6.45, 7) is 1.71. The Labute approximate surface area is 154 Å². The van der Waals surface area contributed by atoms with Crippen molar-refractivity contribution in [2.75, 3.05) is 6.54 Å². The van der Waals surface area contributed by atoms with Crippen LogP contribution in [-0.4, -0.2) is 29.4 Å². The van der Waals surface area contributed by atoms with E-state index in [-0.39, 0.29) is 23.7 Å². The van der Waals surface area contributed by atoms with E-state index in [0.717, 1.165) is 37.9 Å². The van der Waals surface area contributed by atoms with Crippen LogP contribution in [0.5, 0.6) is 0 Å². The van der Waals surface area contributed by atoms with Crippen molar-refractivity contribution in [3.05, 3.63) is 71.5 Å². The molecule has 0 spiro atoms. The molecule has 2 aromatic carbocycles. The highest BCUT2D eigenvalue weighted by atomic mass is 19.1. The number of benzene rings is 2. The van der Waals surface area contributed by atoms with E-state index in [9.17, 15) is 9.18 Å². The first-order chi connectivity index (χ1) is 12.7. The van der Waals surface area contributed by atoms with Gasteiger partial charge in [-0.2, -0.15) is 0 Å². The summed E-state index contributed by atoms with van der Waals surface area (Å²) >= 11 is 0. The molecule has 1 amide bonds. The maximum atomic E-state index is 13.8. The van der Waals surface area contributed by atoms with Gasteiger partial charge in [0.15, 0.2) is 0 Å². The maximum absolute atomic E-state index is 13.8. The van der Waals surface area contributed by atoms with Crippen LogP contribution in [0.2, 0.25) is 0 Å².